The summed E-state index contributed by atoms with van der Waals surface area (Å²) in [4.78, 5) is 31.8. The van der Waals surface area contributed by atoms with Gasteiger partial charge in [0.05, 0.1) is 11.1 Å². The smallest absolute Gasteiger partial charge is 0.211 e. The first-order valence-corrected chi connectivity index (χ1v) is 12.4. The molecule has 0 bridgehead atoms. The molecule has 36 heavy (non-hydrogen) atoms. The van der Waals surface area contributed by atoms with Crippen LogP contribution in [0, 0.1) is 5.82 Å². The van der Waals surface area contributed by atoms with Crippen LogP contribution < -0.4 is 10.2 Å². The number of fused-ring (bicyclic) bond motifs is 1. The summed E-state index contributed by atoms with van der Waals surface area (Å²) in [6.07, 6.45) is 9.33. The molecule has 5 heterocycles. The minimum Gasteiger partial charge on any atom is -0.357 e. The maximum absolute atomic E-state index is 14.4. The molecule has 2 saturated heterocycles. The van der Waals surface area contributed by atoms with Crippen molar-refractivity contribution in [2.45, 2.75) is 25.7 Å². The molecular weight excluding hydrogens is 457 g/mol. The highest BCUT2D eigenvalue weighted by molar-refractivity contribution is 5.82. The molecular formula is C27H30FN7O. The number of nitrogens with one attached hydrogen (secondary N) is 2. The normalized spacial score (nSPS) is 15.7. The fourth-order valence-corrected chi connectivity index (χ4v) is 4.64. The predicted octanol–water partition coefficient (Wildman–Crippen LogP) is 4.71. The monoisotopic (exact) mass is 487 g/mol. The second kappa shape index (κ2) is 10.8. The van der Waals surface area contributed by atoms with Gasteiger partial charge in [-0.15, -0.1) is 0 Å². The second-order valence-corrected chi connectivity index (χ2v) is 9.24. The number of anilines is 2. The standard InChI is InChI=1S/C22H19FN6O.C5H11N/c23-18-4-3-16(26-13-30)11-17(18)21-27-19-9-15(12-25-22(19)28-21)14-5-6-24-20(10-14)29-7-1-2-8-29;1-6-4-2-3-5-6/h3-6,9-13H,1-2,7-8H2,(H,26,30)(H,25,27,28);2-5H2,1H3. The van der Waals surface area contributed by atoms with E-state index in [0.29, 0.717) is 29.1 Å². The van der Waals surface area contributed by atoms with E-state index >= 15 is 0 Å². The van der Waals surface area contributed by atoms with Crippen molar-refractivity contribution in [2.75, 3.05) is 43.4 Å². The minimum absolute atomic E-state index is 0.265. The third-order valence-electron chi connectivity index (χ3n) is 6.62. The Labute approximate surface area is 209 Å². The topological polar surface area (TPSA) is 90.0 Å². The highest BCUT2D eigenvalue weighted by atomic mass is 19.1. The first kappa shape index (κ1) is 23.9. The Kier molecular flexibility index (Phi) is 7.18. The van der Waals surface area contributed by atoms with E-state index in [1.807, 2.05) is 18.3 Å². The van der Waals surface area contributed by atoms with Crippen LogP contribution in [0.3, 0.4) is 0 Å². The van der Waals surface area contributed by atoms with Gasteiger partial charge in [-0.3, -0.25) is 4.79 Å². The van der Waals surface area contributed by atoms with Crippen molar-refractivity contribution in [1.29, 1.82) is 0 Å². The predicted molar refractivity (Wildman–Crippen MR) is 140 cm³/mol. The van der Waals surface area contributed by atoms with Gasteiger partial charge in [0.2, 0.25) is 6.41 Å². The van der Waals surface area contributed by atoms with E-state index < -0.39 is 5.82 Å². The van der Waals surface area contributed by atoms with Gasteiger partial charge in [0.1, 0.15) is 17.5 Å². The third kappa shape index (κ3) is 5.36. The summed E-state index contributed by atoms with van der Waals surface area (Å²) in [7, 11) is 2.17. The van der Waals surface area contributed by atoms with Gasteiger partial charge in [0.25, 0.3) is 0 Å². The molecule has 0 atom stereocenters. The van der Waals surface area contributed by atoms with Crippen LogP contribution >= 0.6 is 0 Å². The minimum atomic E-state index is -0.435. The fraction of sp³-hybridized carbons (Fsp3) is 0.333. The molecule has 2 N–H and O–H groups in total. The van der Waals surface area contributed by atoms with Crippen molar-refractivity contribution in [2.24, 2.45) is 0 Å². The lowest BCUT2D eigenvalue weighted by molar-refractivity contribution is -0.105. The number of nitrogens with zero attached hydrogens (tertiary/aromatic N) is 5. The zero-order valence-electron chi connectivity index (χ0n) is 20.4. The molecule has 3 aromatic heterocycles. The number of H-pyrrole nitrogens is 1. The van der Waals surface area contributed by atoms with E-state index in [2.05, 4.69) is 48.2 Å². The van der Waals surface area contributed by atoms with Crippen molar-refractivity contribution in [1.82, 2.24) is 24.8 Å². The van der Waals surface area contributed by atoms with Crippen molar-refractivity contribution in [3.63, 3.8) is 0 Å². The lowest BCUT2D eigenvalue weighted by Crippen LogP contribution is -2.18. The summed E-state index contributed by atoms with van der Waals surface area (Å²) in [6.45, 7) is 4.70. The Morgan fingerprint density at radius 1 is 0.972 bits per heavy atom. The van der Waals surface area contributed by atoms with Crippen LogP contribution in [0.25, 0.3) is 33.7 Å². The summed E-state index contributed by atoms with van der Waals surface area (Å²) < 4.78 is 14.4. The van der Waals surface area contributed by atoms with Crippen molar-refractivity contribution >= 4 is 29.1 Å². The van der Waals surface area contributed by atoms with Gasteiger partial charge in [0.15, 0.2) is 5.65 Å². The first-order chi connectivity index (χ1) is 17.6. The maximum atomic E-state index is 14.4. The number of carbonyl (C=O) groups excluding carboxylic acids is 1. The van der Waals surface area contributed by atoms with Gasteiger partial charge in [-0.25, -0.2) is 19.3 Å². The van der Waals surface area contributed by atoms with E-state index in [4.69, 9.17) is 0 Å². The highest BCUT2D eigenvalue weighted by Gasteiger charge is 2.15. The summed E-state index contributed by atoms with van der Waals surface area (Å²) in [6, 6.07) is 10.3. The van der Waals surface area contributed by atoms with E-state index in [1.54, 1.807) is 6.20 Å². The lowest BCUT2D eigenvalue weighted by atomic mass is 10.1. The number of aromatic amines is 1. The average molecular weight is 488 g/mol. The molecule has 0 aliphatic carbocycles. The number of amides is 1. The SMILES string of the molecule is CN1CCCC1.O=CNc1ccc(F)c(-c2nc3ncc(-c4ccnc(N5CCCC5)c4)cc3[nH]2)c1. The molecule has 2 fully saturated rings. The van der Waals surface area contributed by atoms with Crippen molar-refractivity contribution < 1.29 is 9.18 Å². The number of halogens is 1. The van der Waals surface area contributed by atoms with E-state index in [1.165, 1.54) is 57.0 Å². The van der Waals surface area contributed by atoms with Gasteiger partial charge in [-0.2, -0.15) is 0 Å². The zero-order valence-corrected chi connectivity index (χ0v) is 20.4. The molecule has 0 spiro atoms. The quantitative estimate of drug-likeness (QED) is 0.397. The molecule has 1 aromatic carbocycles. The van der Waals surface area contributed by atoms with Crippen molar-refractivity contribution in [3.05, 3.63) is 54.6 Å². The van der Waals surface area contributed by atoms with Gasteiger partial charge >= 0.3 is 0 Å². The number of hydrogen-bond donors (Lipinski definition) is 2. The zero-order chi connectivity index (χ0) is 24.9. The molecule has 4 aromatic rings. The number of rotatable bonds is 5. The molecule has 9 heteroatoms. The molecule has 0 unspecified atom stereocenters. The molecule has 1 amide bonds. The number of carbonyl (C=O) groups is 1. The van der Waals surface area contributed by atoms with Crippen LogP contribution in [0.2, 0.25) is 0 Å². The van der Waals surface area contributed by atoms with Crippen LogP contribution in [-0.4, -0.2) is 64.5 Å². The Morgan fingerprint density at radius 3 is 2.47 bits per heavy atom. The lowest BCUT2D eigenvalue weighted by Gasteiger charge is -2.16. The van der Waals surface area contributed by atoms with Gasteiger partial charge < -0.3 is 20.1 Å². The molecule has 2 aliphatic heterocycles. The average Bonchev–Trinajstić information content (AvgIpc) is 3.67. The number of hydrogen-bond acceptors (Lipinski definition) is 6. The summed E-state index contributed by atoms with van der Waals surface area (Å²) in [5, 5.41) is 2.52. The Morgan fingerprint density at radius 2 is 1.75 bits per heavy atom. The number of benzene rings is 1. The molecule has 0 saturated carbocycles. The number of likely N-dealkylation sites (tertiary alicyclic amines) is 1. The molecule has 6 rings (SSSR count). The van der Waals surface area contributed by atoms with Crippen LogP contribution in [0.15, 0.2) is 48.8 Å². The maximum Gasteiger partial charge on any atom is 0.211 e. The van der Waals surface area contributed by atoms with Gasteiger partial charge in [0, 0.05) is 36.7 Å². The van der Waals surface area contributed by atoms with Crippen molar-refractivity contribution in [3.8, 4) is 22.5 Å². The van der Waals surface area contributed by atoms with Crippen LogP contribution in [-0.2, 0) is 4.79 Å². The third-order valence-corrected chi connectivity index (χ3v) is 6.62. The van der Waals surface area contributed by atoms with Crippen LogP contribution in [0.4, 0.5) is 15.9 Å². The largest absolute Gasteiger partial charge is 0.357 e. The summed E-state index contributed by atoms with van der Waals surface area (Å²) in [5.74, 6) is 0.890. The van der Waals surface area contributed by atoms with E-state index in [-0.39, 0.29) is 5.56 Å². The molecule has 2 aliphatic rings. The van der Waals surface area contributed by atoms with Crippen LogP contribution in [0.1, 0.15) is 25.7 Å². The van der Waals surface area contributed by atoms with E-state index in [0.717, 1.165) is 30.0 Å². The Hall–Kier alpha value is -3.85. The summed E-state index contributed by atoms with van der Waals surface area (Å²) >= 11 is 0. The summed E-state index contributed by atoms with van der Waals surface area (Å²) in [5.41, 5.74) is 3.90. The molecule has 8 nitrogen and oxygen atoms in total. The van der Waals surface area contributed by atoms with Gasteiger partial charge in [-0.1, -0.05) is 0 Å². The molecule has 0 radical (unpaired) electrons. The Bertz CT molecular complexity index is 1340. The van der Waals surface area contributed by atoms with Gasteiger partial charge in [-0.05, 0) is 87.8 Å². The van der Waals surface area contributed by atoms with Crippen LogP contribution in [0.5, 0.6) is 0 Å². The highest BCUT2D eigenvalue weighted by Crippen LogP contribution is 2.29. The number of imidazole rings is 1. The second-order valence-electron chi connectivity index (χ2n) is 9.24. The Balaban J connectivity index is 0.000000391. The van der Waals surface area contributed by atoms with E-state index in [9.17, 15) is 9.18 Å². The fourth-order valence-electron chi connectivity index (χ4n) is 4.64. The first-order valence-electron chi connectivity index (χ1n) is 12.4. The number of aromatic nitrogens is 4. The molecule has 186 valence electrons. The number of pyridine rings is 2.